The fourth-order valence-corrected chi connectivity index (χ4v) is 6.61. The van der Waals surface area contributed by atoms with Crippen molar-refractivity contribution in [2.75, 3.05) is 0 Å². The van der Waals surface area contributed by atoms with Crippen molar-refractivity contribution < 1.29 is 4.42 Å². The minimum atomic E-state index is 0.559. The molecule has 5 nitrogen and oxygen atoms in total. The monoisotopic (exact) mass is 652 g/mol. The second-order valence-electron chi connectivity index (χ2n) is 12.4. The minimum absolute atomic E-state index is 0.559. The standard InChI is InChI=1S/C46H28N4O/c47-29-30-9-7-14-37(27-30)33-19-23-36(24-20-33)45-48-44(35-12-5-2-6-13-35)49-46(50-45)38-25-26-40-42(28-38)51-41-16-8-15-39(43(40)41)34-21-17-32(18-22-34)31-10-3-1-4-11-31/h1-28H. The quantitative estimate of drug-likeness (QED) is 0.179. The molecule has 9 rings (SSSR count). The molecule has 51 heavy (non-hydrogen) atoms. The topological polar surface area (TPSA) is 75.6 Å². The van der Waals surface area contributed by atoms with Crippen molar-refractivity contribution in [3.63, 3.8) is 0 Å². The van der Waals surface area contributed by atoms with E-state index in [9.17, 15) is 5.26 Å². The molecular formula is C46H28N4O. The molecule has 5 heteroatoms. The first-order valence-electron chi connectivity index (χ1n) is 16.7. The van der Waals surface area contributed by atoms with Gasteiger partial charge in [-0.3, -0.25) is 0 Å². The molecule has 238 valence electrons. The van der Waals surface area contributed by atoms with E-state index < -0.39 is 0 Å². The summed E-state index contributed by atoms with van der Waals surface area (Å²) in [4.78, 5) is 14.8. The Kier molecular flexibility index (Phi) is 7.46. The Morgan fingerprint density at radius 3 is 1.59 bits per heavy atom. The van der Waals surface area contributed by atoms with Gasteiger partial charge >= 0.3 is 0 Å². The van der Waals surface area contributed by atoms with Crippen molar-refractivity contribution in [1.82, 2.24) is 15.0 Å². The summed E-state index contributed by atoms with van der Waals surface area (Å²) in [5, 5.41) is 11.5. The molecule has 0 amide bonds. The maximum atomic E-state index is 9.36. The van der Waals surface area contributed by atoms with E-state index in [2.05, 4.69) is 72.8 Å². The lowest BCUT2D eigenvalue weighted by Crippen LogP contribution is -2.00. The van der Waals surface area contributed by atoms with Crippen molar-refractivity contribution in [3.8, 4) is 73.6 Å². The number of rotatable bonds is 6. The molecule has 0 fully saturated rings. The van der Waals surface area contributed by atoms with Gasteiger partial charge in [0.25, 0.3) is 0 Å². The molecule has 0 radical (unpaired) electrons. The molecule has 0 unspecified atom stereocenters. The lowest BCUT2D eigenvalue weighted by molar-refractivity contribution is 0.669. The summed E-state index contributed by atoms with van der Waals surface area (Å²) in [7, 11) is 0. The van der Waals surface area contributed by atoms with Crippen LogP contribution in [-0.4, -0.2) is 15.0 Å². The number of hydrogen-bond donors (Lipinski definition) is 0. The van der Waals surface area contributed by atoms with Gasteiger partial charge in [-0.2, -0.15) is 5.26 Å². The Morgan fingerprint density at radius 2 is 0.902 bits per heavy atom. The molecule has 2 aromatic heterocycles. The van der Waals surface area contributed by atoms with Crippen LogP contribution in [0.25, 0.3) is 89.5 Å². The minimum Gasteiger partial charge on any atom is -0.456 e. The van der Waals surface area contributed by atoms with E-state index in [0.717, 1.165) is 60.9 Å². The van der Waals surface area contributed by atoms with Gasteiger partial charge < -0.3 is 4.42 Å². The predicted octanol–water partition coefficient (Wildman–Crippen LogP) is 11.6. The first-order chi connectivity index (χ1) is 25.2. The van der Waals surface area contributed by atoms with Crippen molar-refractivity contribution in [2.24, 2.45) is 0 Å². The van der Waals surface area contributed by atoms with E-state index in [-0.39, 0.29) is 0 Å². The highest BCUT2D eigenvalue weighted by atomic mass is 16.3. The summed E-state index contributed by atoms with van der Waals surface area (Å²) in [6.07, 6.45) is 0. The molecule has 2 heterocycles. The predicted molar refractivity (Wildman–Crippen MR) is 204 cm³/mol. The van der Waals surface area contributed by atoms with Crippen LogP contribution in [0.15, 0.2) is 174 Å². The number of benzene rings is 7. The van der Waals surface area contributed by atoms with Crippen LogP contribution in [0.5, 0.6) is 0 Å². The molecule has 0 N–H and O–H groups in total. The van der Waals surface area contributed by atoms with Crippen LogP contribution in [-0.2, 0) is 0 Å². The smallest absolute Gasteiger partial charge is 0.164 e. The first kappa shape index (κ1) is 29.9. The van der Waals surface area contributed by atoms with Gasteiger partial charge in [-0.15, -0.1) is 0 Å². The summed E-state index contributed by atoms with van der Waals surface area (Å²) in [6.45, 7) is 0. The molecule has 7 aromatic carbocycles. The van der Waals surface area contributed by atoms with Gasteiger partial charge in [0.05, 0.1) is 11.6 Å². The Morgan fingerprint density at radius 1 is 0.392 bits per heavy atom. The molecule has 9 aromatic rings. The molecular weight excluding hydrogens is 625 g/mol. The van der Waals surface area contributed by atoms with Crippen LogP contribution in [0.1, 0.15) is 5.56 Å². The Bertz CT molecular complexity index is 2730. The van der Waals surface area contributed by atoms with Crippen molar-refractivity contribution in [3.05, 3.63) is 175 Å². The number of nitriles is 1. The maximum absolute atomic E-state index is 9.36. The zero-order chi connectivity index (χ0) is 34.1. The van der Waals surface area contributed by atoms with Gasteiger partial charge in [-0.05, 0) is 63.7 Å². The second-order valence-corrected chi connectivity index (χ2v) is 12.4. The van der Waals surface area contributed by atoms with Crippen LogP contribution >= 0.6 is 0 Å². The summed E-state index contributed by atoms with van der Waals surface area (Å²) in [5.41, 5.74) is 11.4. The van der Waals surface area contributed by atoms with Crippen molar-refractivity contribution in [2.45, 2.75) is 0 Å². The summed E-state index contributed by atoms with van der Waals surface area (Å²) in [6, 6.07) is 59.4. The molecule has 0 aliphatic heterocycles. The molecule has 0 saturated carbocycles. The zero-order valence-electron chi connectivity index (χ0n) is 27.4. The van der Waals surface area contributed by atoms with Crippen molar-refractivity contribution >= 4 is 21.9 Å². The van der Waals surface area contributed by atoms with Crippen LogP contribution in [0, 0.1) is 11.3 Å². The highest BCUT2D eigenvalue weighted by molar-refractivity contribution is 6.13. The van der Waals surface area contributed by atoms with Gasteiger partial charge in [0, 0.05) is 27.5 Å². The SMILES string of the molecule is N#Cc1cccc(-c2ccc(-c3nc(-c4ccccc4)nc(-c4ccc5c(c4)oc4cccc(-c6ccc(-c7ccccc7)cc6)c45)n3)cc2)c1. The van der Waals surface area contributed by atoms with Crippen LogP contribution < -0.4 is 0 Å². The third-order valence-electron chi connectivity index (χ3n) is 9.19. The normalized spacial score (nSPS) is 11.1. The summed E-state index contributed by atoms with van der Waals surface area (Å²) < 4.78 is 6.48. The zero-order valence-corrected chi connectivity index (χ0v) is 27.4. The van der Waals surface area contributed by atoms with Crippen LogP contribution in [0.4, 0.5) is 0 Å². The van der Waals surface area contributed by atoms with E-state index in [0.29, 0.717) is 23.0 Å². The highest BCUT2D eigenvalue weighted by Crippen LogP contribution is 2.39. The van der Waals surface area contributed by atoms with E-state index in [4.69, 9.17) is 19.4 Å². The Balaban J connectivity index is 1.12. The van der Waals surface area contributed by atoms with Gasteiger partial charge in [-0.25, -0.2) is 15.0 Å². The van der Waals surface area contributed by atoms with Gasteiger partial charge in [0.2, 0.25) is 0 Å². The average Bonchev–Trinajstić information content (AvgIpc) is 3.60. The third kappa shape index (κ3) is 5.71. The van der Waals surface area contributed by atoms with E-state index in [1.807, 2.05) is 103 Å². The third-order valence-corrected chi connectivity index (χ3v) is 9.19. The molecule has 0 spiro atoms. The fourth-order valence-electron chi connectivity index (χ4n) is 6.61. The lowest BCUT2D eigenvalue weighted by atomic mass is 9.96. The van der Waals surface area contributed by atoms with Crippen LogP contribution in [0.2, 0.25) is 0 Å². The van der Waals surface area contributed by atoms with Gasteiger partial charge in [-0.1, -0.05) is 140 Å². The number of furan rings is 1. The first-order valence-corrected chi connectivity index (χ1v) is 16.7. The number of hydrogen-bond acceptors (Lipinski definition) is 5. The molecule has 0 saturated heterocycles. The van der Waals surface area contributed by atoms with E-state index in [1.165, 1.54) is 11.1 Å². The summed E-state index contributed by atoms with van der Waals surface area (Å²) in [5.74, 6) is 1.72. The molecule has 0 bridgehead atoms. The highest BCUT2D eigenvalue weighted by Gasteiger charge is 2.17. The van der Waals surface area contributed by atoms with Crippen LogP contribution in [0.3, 0.4) is 0 Å². The van der Waals surface area contributed by atoms with Crippen molar-refractivity contribution in [1.29, 1.82) is 5.26 Å². The molecule has 0 aliphatic carbocycles. The molecule has 0 atom stereocenters. The van der Waals surface area contributed by atoms with E-state index in [1.54, 1.807) is 0 Å². The van der Waals surface area contributed by atoms with E-state index >= 15 is 0 Å². The number of nitrogens with zero attached hydrogens (tertiary/aromatic N) is 4. The summed E-state index contributed by atoms with van der Waals surface area (Å²) >= 11 is 0. The fraction of sp³-hybridized carbons (Fsp3) is 0. The van der Waals surface area contributed by atoms with Gasteiger partial charge in [0.1, 0.15) is 11.2 Å². The van der Waals surface area contributed by atoms with Gasteiger partial charge in [0.15, 0.2) is 17.5 Å². The number of fused-ring (bicyclic) bond motifs is 3. The Labute approximate surface area is 294 Å². The molecule has 0 aliphatic rings. The lowest BCUT2D eigenvalue weighted by Gasteiger charge is -2.09. The largest absolute Gasteiger partial charge is 0.456 e. The average molecular weight is 653 g/mol. The Hall–Kier alpha value is -7.16. The second kappa shape index (κ2) is 12.7. The number of aromatic nitrogens is 3. The maximum Gasteiger partial charge on any atom is 0.164 e.